The van der Waals surface area contributed by atoms with E-state index in [4.69, 9.17) is 4.74 Å². The van der Waals surface area contributed by atoms with Crippen LogP contribution in [0.5, 0.6) is 0 Å². The Morgan fingerprint density at radius 1 is 1.29 bits per heavy atom. The van der Waals surface area contributed by atoms with E-state index in [0.29, 0.717) is 24.8 Å². The lowest BCUT2D eigenvalue weighted by Crippen LogP contribution is -2.28. The van der Waals surface area contributed by atoms with Gasteiger partial charge in [0, 0.05) is 13.2 Å². The molecular formula is C14H17F4NO2. The molecule has 0 unspecified atom stereocenters. The third-order valence-corrected chi connectivity index (χ3v) is 2.71. The molecule has 0 bridgehead atoms. The quantitative estimate of drug-likeness (QED) is 0.619. The molecule has 7 heteroatoms. The Labute approximate surface area is 120 Å². The van der Waals surface area contributed by atoms with Gasteiger partial charge in [0.2, 0.25) is 0 Å². The fraction of sp³-hybridized carbons (Fsp3) is 0.500. The normalized spacial score (nSPS) is 11.5. The average molecular weight is 307 g/mol. The maximum atomic E-state index is 13.4. The summed E-state index contributed by atoms with van der Waals surface area (Å²) in [5.41, 5.74) is -1.69. The van der Waals surface area contributed by atoms with E-state index in [1.807, 2.05) is 6.92 Å². The van der Waals surface area contributed by atoms with Crippen LogP contribution in [-0.2, 0) is 10.9 Å². The summed E-state index contributed by atoms with van der Waals surface area (Å²) in [7, 11) is 0. The lowest BCUT2D eigenvalue weighted by atomic mass is 10.1. The molecule has 0 fully saturated rings. The van der Waals surface area contributed by atoms with Crippen LogP contribution in [0.3, 0.4) is 0 Å². The second kappa shape index (κ2) is 7.97. The molecule has 0 aliphatic carbocycles. The largest absolute Gasteiger partial charge is 0.416 e. The van der Waals surface area contributed by atoms with Crippen LogP contribution in [0.4, 0.5) is 17.6 Å². The number of amides is 1. The molecule has 1 amide bonds. The van der Waals surface area contributed by atoms with Gasteiger partial charge in [0.25, 0.3) is 5.91 Å². The molecule has 118 valence electrons. The van der Waals surface area contributed by atoms with Crippen molar-refractivity contribution in [2.45, 2.75) is 25.9 Å². The fourth-order valence-corrected chi connectivity index (χ4v) is 1.56. The first-order valence-corrected chi connectivity index (χ1v) is 6.59. The van der Waals surface area contributed by atoms with Crippen LogP contribution >= 0.6 is 0 Å². The molecule has 0 aromatic heterocycles. The lowest BCUT2D eigenvalue weighted by Gasteiger charge is -2.10. The number of halogens is 4. The Bertz CT molecular complexity index is 475. The van der Waals surface area contributed by atoms with Crippen LogP contribution in [0.1, 0.15) is 35.7 Å². The molecular weight excluding hydrogens is 290 g/mol. The lowest BCUT2D eigenvalue weighted by molar-refractivity contribution is -0.137. The summed E-state index contributed by atoms with van der Waals surface area (Å²) in [6, 6.07) is 1.73. The number of nitrogens with one attached hydrogen (secondary N) is 1. The Morgan fingerprint density at radius 2 is 2.00 bits per heavy atom. The minimum Gasteiger partial charge on any atom is -0.380 e. The first-order chi connectivity index (χ1) is 9.86. The molecule has 21 heavy (non-hydrogen) atoms. The van der Waals surface area contributed by atoms with E-state index in [1.54, 1.807) is 0 Å². The number of hydrogen-bond donors (Lipinski definition) is 1. The third-order valence-electron chi connectivity index (χ3n) is 2.71. The maximum Gasteiger partial charge on any atom is 0.416 e. The van der Waals surface area contributed by atoms with Gasteiger partial charge in [-0.1, -0.05) is 13.3 Å². The third kappa shape index (κ3) is 5.71. The van der Waals surface area contributed by atoms with E-state index >= 15 is 0 Å². The van der Waals surface area contributed by atoms with Gasteiger partial charge in [-0.15, -0.1) is 0 Å². The number of alkyl halides is 3. The molecule has 1 aromatic carbocycles. The minimum absolute atomic E-state index is 0.109. The van der Waals surface area contributed by atoms with Gasteiger partial charge in [0.15, 0.2) is 0 Å². The molecule has 0 aliphatic rings. The van der Waals surface area contributed by atoms with Crippen molar-refractivity contribution in [2.24, 2.45) is 0 Å². The summed E-state index contributed by atoms with van der Waals surface area (Å²) in [5.74, 6) is -1.88. The summed E-state index contributed by atoms with van der Waals surface area (Å²) in [5, 5.41) is 2.32. The molecule has 0 spiro atoms. The van der Waals surface area contributed by atoms with Crippen LogP contribution in [-0.4, -0.2) is 25.7 Å². The second-order valence-electron chi connectivity index (χ2n) is 4.41. The highest BCUT2D eigenvalue weighted by Crippen LogP contribution is 2.30. The fourth-order valence-electron chi connectivity index (χ4n) is 1.56. The molecule has 1 N–H and O–H groups in total. The summed E-state index contributed by atoms with van der Waals surface area (Å²) in [6.07, 6.45) is -2.76. The first kappa shape index (κ1) is 17.4. The zero-order valence-electron chi connectivity index (χ0n) is 11.6. The van der Waals surface area contributed by atoms with Crippen molar-refractivity contribution in [3.8, 4) is 0 Å². The zero-order chi connectivity index (χ0) is 15.9. The van der Waals surface area contributed by atoms with Crippen LogP contribution in [0.2, 0.25) is 0 Å². The highest BCUT2D eigenvalue weighted by atomic mass is 19.4. The van der Waals surface area contributed by atoms with Gasteiger partial charge in [-0.3, -0.25) is 4.79 Å². The summed E-state index contributed by atoms with van der Waals surface area (Å²) >= 11 is 0. The van der Waals surface area contributed by atoms with Crippen molar-refractivity contribution in [2.75, 3.05) is 19.8 Å². The second-order valence-corrected chi connectivity index (χ2v) is 4.41. The number of ether oxygens (including phenoxy) is 1. The van der Waals surface area contributed by atoms with Crippen LogP contribution in [0.15, 0.2) is 18.2 Å². The summed E-state index contributed by atoms with van der Waals surface area (Å²) in [4.78, 5) is 11.7. The number of rotatable bonds is 7. The Hall–Kier alpha value is -1.63. The zero-order valence-corrected chi connectivity index (χ0v) is 11.6. The predicted molar refractivity (Wildman–Crippen MR) is 69.5 cm³/mol. The van der Waals surface area contributed by atoms with Crippen LogP contribution < -0.4 is 5.32 Å². The summed E-state index contributed by atoms with van der Waals surface area (Å²) in [6.45, 7) is 2.89. The Morgan fingerprint density at radius 3 is 2.62 bits per heavy atom. The molecule has 0 atom stereocenters. The van der Waals surface area contributed by atoms with Crippen molar-refractivity contribution < 1.29 is 27.1 Å². The predicted octanol–water partition coefficient (Wildman–Crippen LogP) is 3.39. The molecule has 1 rings (SSSR count). The van der Waals surface area contributed by atoms with Crippen molar-refractivity contribution in [3.63, 3.8) is 0 Å². The molecule has 0 heterocycles. The van der Waals surface area contributed by atoms with Crippen LogP contribution in [0, 0.1) is 5.82 Å². The van der Waals surface area contributed by atoms with Crippen molar-refractivity contribution in [3.05, 3.63) is 35.1 Å². The van der Waals surface area contributed by atoms with E-state index in [-0.39, 0.29) is 13.2 Å². The molecule has 0 radical (unpaired) electrons. The molecule has 1 aromatic rings. The van der Waals surface area contributed by atoms with Gasteiger partial charge in [-0.2, -0.15) is 13.2 Å². The topological polar surface area (TPSA) is 38.3 Å². The number of carbonyl (C=O) groups is 1. The van der Waals surface area contributed by atoms with Gasteiger partial charge in [-0.05, 0) is 24.6 Å². The van der Waals surface area contributed by atoms with Gasteiger partial charge >= 0.3 is 6.18 Å². The number of unbranched alkanes of at least 4 members (excludes halogenated alkanes) is 1. The van der Waals surface area contributed by atoms with Crippen molar-refractivity contribution >= 4 is 5.91 Å². The van der Waals surface area contributed by atoms with E-state index in [2.05, 4.69) is 5.32 Å². The van der Waals surface area contributed by atoms with E-state index < -0.39 is 29.0 Å². The number of hydrogen-bond acceptors (Lipinski definition) is 2. The molecule has 0 saturated heterocycles. The van der Waals surface area contributed by atoms with E-state index in [1.165, 1.54) is 0 Å². The van der Waals surface area contributed by atoms with Crippen LogP contribution in [0.25, 0.3) is 0 Å². The highest BCUT2D eigenvalue weighted by Gasteiger charge is 2.31. The van der Waals surface area contributed by atoms with Crippen molar-refractivity contribution in [1.29, 1.82) is 0 Å². The highest BCUT2D eigenvalue weighted by molar-refractivity contribution is 5.94. The standard InChI is InChI=1S/C14H17F4NO2/c1-2-3-7-21-8-6-19-13(20)11-9-10(14(16,17)18)4-5-12(11)15/h4-5,9H,2-3,6-8H2,1H3,(H,19,20). The minimum atomic E-state index is -4.62. The van der Waals surface area contributed by atoms with Crippen molar-refractivity contribution in [1.82, 2.24) is 5.32 Å². The Balaban J connectivity index is 2.57. The first-order valence-electron chi connectivity index (χ1n) is 6.59. The smallest absolute Gasteiger partial charge is 0.380 e. The number of carbonyl (C=O) groups excluding carboxylic acids is 1. The average Bonchev–Trinajstić information content (AvgIpc) is 2.41. The maximum absolute atomic E-state index is 13.4. The number of benzene rings is 1. The molecule has 0 aliphatic heterocycles. The van der Waals surface area contributed by atoms with Gasteiger partial charge in [0.1, 0.15) is 5.82 Å². The monoisotopic (exact) mass is 307 g/mol. The molecule has 3 nitrogen and oxygen atoms in total. The van der Waals surface area contributed by atoms with Gasteiger partial charge < -0.3 is 10.1 Å². The summed E-state index contributed by atoms with van der Waals surface area (Å²) < 4.78 is 56.1. The Kier molecular flexibility index (Phi) is 6.61. The SMILES string of the molecule is CCCCOCCNC(=O)c1cc(C(F)(F)F)ccc1F. The van der Waals surface area contributed by atoms with E-state index in [0.717, 1.165) is 12.8 Å². The molecule has 0 saturated carbocycles. The van der Waals surface area contributed by atoms with Gasteiger partial charge in [-0.25, -0.2) is 4.39 Å². The van der Waals surface area contributed by atoms with Gasteiger partial charge in [0.05, 0.1) is 17.7 Å². The van der Waals surface area contributed by atoms with E-state index in [9.17, 15) is 22.4 Å².